The number of hydrogen-bond donors (Lipinski definition) is 3. The SMILES string of the molecule is CC(C)C[C@@H](C(=O)NN(CC(C)C)C(=O)c1ccccn1)[C@H](C/C=C/c1ccccc1)C(=O)NO.Cl. The summed E-state index contributed by atoms with van der Waals surface area (Å²) in [4.78, 5) is 43.3. The smallest absolute Gasteiger partial charge is 0.289 e. The largest absolute Gasteiger partial charge is 0.290 e. The molecule has 0 aliphatic rings. The minimum atomic E-state index is -0.826. The molecule has 0 aliphatic carbocycles. The summed E-state index contributed by atoms with van der Waals surface area (Å²) in [5.41, 5.74) is 5.63. The molecule has 3 N–H and O–H groups in total. The van der Waals surface area contributed by atoms with Crippen LogP contribution < -0.4 is 10.9 Å². The number of carbonyl (C=O) groups is 3. The fraction of sp³-hybridized carbons (Fsp3) is 0.407. The van der Waals surface area contributed by atoms with E-state index < -0.39 is 29.6 Å². The highest BCUT2D eigenvalue weighted by molar-refractivity contribution is 5.94. The molecule has 0 aliphatic heterocycles. The summed E-state index contributed by atoms with van der Waals surface area (Å²) in [6, 6.07) is 14.6. The molecule has 0 radical (unpaired) electrons. The van der Waals surface area contributed by atoms with Crippen LogP contribution in [0.1, 0.15) is 56.6 Å². The van der Waals surface area contributed by atoms with E-state index in [0.29, 0.717) is 6.42 Å². The third-order valence-corrected chi connectivity index (χ3v) is 5.42. The van der Waals surface area contributed by atoms with Crippen LogP contribution in [0, 0.1) is 23.7 Å². The van der Waals surface area contributed by atoms with Crippen LogP contribution in [0.5, 0.6) is 0 Å². The summed E-state index contributed by atoms with van der Waals surface area (Å²) in [6.07, 6.45) is 5.85. The third-order valence-electron chi connectivity index (χ3n) is 5.42. The molecule has 0 fully saturated rings. The number of halogens is 1. The first-order valence-corrected chi connectivity index (χ1v) is 11.9. The zero-order chi connectivity index (χ0) is 25.8. The Bertz CT molecular complexity index is 984. The van der Waals surface area contributed by atoms with Crippen LogP contribution in [0.25, 0.3) is 6.08 Å². The second-order valence-electron chi connectivity index (χ2n) is 9.37. The number of rotatable bonds is 11. The number of nitrogens with one attached hydrogen (secondary N) is 2. The van der Waals surface area contributed by atoms with Crippen LogP contribution in [-0.4, -0.2) is 39.5 Å². The highest BCUT2D eigenvalue weighted by Crippen LogP contribution is 2.26. The van der Waals surface area contributed by atoms with Gasteiger partial charge in [0.05, 0.1) is 11.8 Å². The van der Waals surface area contributed by atoms with Gasteiger partial charge in [0.15, 0.2) is 0 Å². The average Bonchev–Trinajstić information content (AvgIpc) is 2.85. The lowest BCUT2D eigenvalue weighted by molar-refractivity contribution is -0.142. The summed E-state index contributed by atoms with van der Waals surface area (Å²) in [7, 11) is 0. The number of benzene rings is 1. The fourth-order valence-corrected chi connectivity index (χ4v) is 3.80. The molecular weight excluding hydrogens is 480 g/mol. The molecule has 2 aromatic rings. The number of allylic oxidation sites excluding steroid dienone is 1. The maximum Gasteiger partial charge on any atom is 0.290 e. The first-order valence-electron chi connectivity index (χ1n) is 11.9. The van der Waals surface area contributed by atoms with Gasteiger partial charge < -0.3 is 0 Å². The van der Waals surface area contributed by atoms with Crippen molar-refractivity contribution >= 4 is 36.2 Å². The Morgan fingerprint density at radius 3 is 2.17 bits per heavy atom. The van der Waals surface area contributed by atoms with Crippen LogP contribution in [0.3, 0.4) is 0 Å². The highest BCUT2D eigenvalue weighted by atomic mass is 35.5. The van der Waals surface area contributed by atoms with Crippen LogP contribution >= 0.6 is 12.4 Å². The molecule has 0 unspecified atom stereocenters. The summed E-state index contributed by atoms with van der Waals surface area (Å²) in [6.45, 7) is 8.07. The van der Waals surface area contributed by atoms with Gasteiger partial charge in [-0.15, -0.1) is 12.4 Å². The van der Waals surface area contributed by atoms with Gasteiger partial charge in [0.2, 0.25) is 11.8 Å². The van der Waals surface area contributed by atoms with Crippen molar-refractivity contribution in [1.82, 2.24) is 20.9 Å². The van der Waals surface area contributed by atoms with Gasteiger partial charge in [-0.1, -0.05) is 76.2 Å². The lowest BCUT2D eigenvalue weighted by atomic mass is 9.82. The standard InChI is InChI=1S/C27H36N4O4.ClH/c1-19(2)17-23(22(26(33)30-35)14-10-13-21-11-6-5-7-12-21)25(32)29-31(18-20(3)4)27(34)24-15-8-9-16-28-24;/h5-13,15-16,19-20,22-23,35H,14,17-18H2,1-4H3,(H,29,32)(H,30,33);1H/b13-10+;/t22-,23+;/m0./s1. The van der Waals surface area contributed by atoms with E-state index in [1.165, 1.54) is 11.2 Å². The molecule has 1 aromatic carbocycles. The Morgan fingerprint density at radius 2 is 1.61 bits per heavy atom. The molecule has 0 saturated carbocycles. The molecule has 196 valence electrons. The van der Waals surface area contributed by atoms with E-state index in [-0.39, 0.29) is 42.9 Å². The molecular formula is C27H37ClN4O4. The van der Waals surface area contributed by atoms with Crippen molar-refractivity contribution in [3.63, 3.8) is 0 Å². The van der Waals surface area contributed by atoms with Crippen molar-refractivity contribution in [1.29, 1.82) is 0 Å². The maximum atomic E-state index is 13.5. The van der Waals surface area contributed by atoms with Crippen molar-refractivity contribution in [2.75, 3.05) is 6.54 Å². The van der Waals surface area contributed by atoms with Gasteiger partial charge >= 0.3 is 0 Å². The molecule has 0 bridgehead atoms. The topological polar surface area (TPSA) is 112 Å². The van der Waals surface area contributed by atoms with Gasteiger partial charge in [0, 0.05) is 12.7 Å². The van der Waals surface area contributed by atoms with Gasteiger partial charge in [-0.05, 0) is 42.4 Å². The Kier molecular flexibility index (Phi) is 13.4. The van der Waals surface area contributed by atoms with Crippen molar-refractivity contribution in [2.24, 2.45) is 23.7 Å². The minimum Gasteiger partial charge on any atom is -0.289 e. The Morgan fingerprint density at radius 1 is 0.944 bits per heavy atom. The van der Waals surface area contributed by atoms with Crippen LogP contribution in [-0.2, 0) is 9.59 Å². The zero-order valence-corrected chi connectivity index (χ0v) is 22.1. The zero-order valence-electron chi connectivity index (χ0n) is 21.3. The quantitative estimate of drug-likeness (QED) is 0.300. The van der Waals surface area contributed by atoms with Gasteiger partial charge in [-0.25, -0.2) is 10.5 Å². The van der Waals surface area contributed by atoms with Crippen LogP contribution in [0.2, 0.25) is 0 Å². The number of nitrogens with zero attached hydrogens (tertiary/aromatic N) is 2. The van der Waals surface area contributed by atoms with Crippen molar-refractivity contribution in [3.05, 3.63) is 72.1 Å². The summed E-state index contributed by atoms with van der Waals surface area (Å²) < 4.78 is 0. The Hall–Kier alpha value is -3.23. The van der Waals surface area contributed by atoms with E-state index in [2.05, 4.69) is 10.4 Å². The van der Waals surface area contributed by atoms with E-state index in [9.17, 15) is 19.6 Å². The normalized spacial score (nSPS) is 12.6. The predicted octanol–water partition coefficient (Wildman–Crippen LogP) is 4.52. The third kappa shape index (κ3) is 9.79. The summed E-state index contributed by atoms with van der Waals surface area (Å²) >= 11 is 0. The van der Waals surface area contributed by atoms with E-state index in [1.54, 1.807) is 23.7 Å². The second kappa shape index (κ2) is 15.7. The van der Waals surface area contributed by atoms with Gasteiger partial charge in [-0.2, -0.15) is 0 Å². The van der Waals surface area contributed by atoms with Gasteiger partial charge in [0.25, 0.3) is 5.91 Å². The number of hydrogen-bond acceptors (Lipinski definition) is 5. The van der Waals surface area contributed by atoms with Crippen molar-refractivity contribution in [3.8, 4) is 0 Å². The number of carbonyl (C=O) groups excluding carboxylic acids is 3. The first-order chi connectivity index (χ1) is 16.7. The predicted molar refractivity (Wildman–Crippen MR) is 142 cm³/mol. The molecule has 2 rings (SSSR count). The van der Waals surface area contributed by atoms with Crippen LogP contribution in [0.15, 0.2) is 60.8 Å². The Labute approximate surface area is 219 Å². The minimum absolute atomic E-state index is 0. The number of hydrazine groups is 1. The molecule has 0 saturated heterocycles. The van der Waals surface area contributed by atoms with Crippen LogP contribution in [0.4, 0.5) is 0 Å². The molecule has 0 spiro atoms. The lowest BCUT2D eigenvalue weighted by Crippen LogP contribution is -2.52. The number of aromatic nitrogens is 1. The average molecular weight is 517 g/mol. The molecule has 9 heteroatoms. The number of amides is 3. The Balaban J connectivity index is 0.00000648. The number of hydroxylamine groups is 1. The first kappa shape index (κ1) is 30.8. The lowest BCUT2D eigenvalue weighted by Gasteiger charge is -2.30. The van der Waals surface area contributed by atoms with Crippen molar-refractivity contribution in [2.45, 2.75) is 40.5 Å². The molecule has 2 atom stereocenters. The van der Waals surface area contributed by atoms with E-state index >= 15 is 0 Å². The summed E-state index contributed by atoms with van der Waals surface area (Å²) in [5.74, 6) is -2.94. The second-order valence-corrected chi connectivity index (χ2v) is 9.37. The van der Waals surface area contributed by atoms with E-state index in [4.69, 9.17) is 0 Å². The molecule has 1 heterocycles. The van der Waals surface area contributed by atoms with E-state index in [1.807, 2.05) is 70.2 Å². The summed E-state index contributed by atoms with van der Waals surface area (Å²) in [5, 5.41) is 10.7. The van der Waals surface area contributed by atoms with Gasteiger partial charge in [-0.3, -0.25) is 30.0 Å². The molecule has 36 heavy (non-hydrogen) atoms. The maximum absolute atomic E-state index is 13.5. The number of pyridine rings is 1. The van der Waals surface area contributed by atoms with E-state index in [0.717, 1.165) is 5.56 Å². The monoisotopic (exact) mass is 516 g/mol. The highest BCUT2D eigenvalue weighted by Gasteiger charge is 2.35. The molecule has 1 aromatic heterocycles. The molecule has 3 amide bonds. The fourth-order valence-electron chi connectivity index (χ4n) is 3.80. The van der Waals surface area contributed by atoms with Crippen molar-refractivity contribution < 1.29 is 19.6 Å². The van der Waals surface area contributed by atoms with Gasteiger partial charge in [0.1, 0.15) is 5.69 Å². The molecule has 8 nitrogen and oxygen atoms in total.